The molecule has 0 saturated heterocycles. The maximum atomic E-state index is 10.9. The van der Waals surface area contributed by atoms with Crippen molar-refractivity contribution >= 4 is 5.97 Å². The smallest absolute Gasteiger partial charge is 0.306 e. The van der Waals surface area contributed by atoms with Crippen LogP contribution < -0.4 is 0 Å². The summed E-state index contributed by atoms with van der Waals surface area (Å²) in [6.45, 7) is 8.84. The van der Waals surface area contributed by atoms with Crippen LogP contribution in [0.2, 0.25) is 0 Å². The van der Waals surface area contributed by atoms with Crippen molar-refractivity contribution in [2.24, 2.45) is 5.92 Å². The quantitative estimate of drug-likeness (QED) is 0.245. The highest BCUT2D eigenvalue weighted by molar-refractivity contribution is 5.69. The van der Waals surface area contributed by atoms with Crippen LogP contribution in [-0.4, -0.2) is 11.1 Å². The first kappa shape index (κ1) is 27.7. The van der Waals surface area contributed by atoms with Gasteiger partial charge in [-0.15, -0.1) is 0 Å². The molecule has 0 aliphatic rings. The van der Waals surface area contributed by atoms with Crippen molar-refractivity contribution < 1.29 is 9.90 Å². The standard InChI is InChI=1S/C12H24O2.C12H26/c1-3-5-7-8-10-11(12(13)14)9-6-4-2;1-3-5-7-9-11-12-10-8-6-4-2/h11H,3-10H2,1-2H3,(H,13,14);3-12H2,1-2H3. The Morgan fingerprint density at radius 2 is 0.846 bits per heavy atom. The van der Waals surface area contributed by atoms with Gasteiger partial charge in [-0.3, -0.25) is 4.79 Å². The number of carbonyl (C=O) groups is 1. The third-order valence-electron chi connectivity index (χ3n) is 5.12. The summed E-state index contributed by atoms with van der Waals surface area (Å²) in [6, 6.07) is 0. The molecule has 26 heavy (non-hydrogen) atoms. The number of aliphatic carboxylic acids is 1. The number of hydrogen-bond acceptors (Lipinski definition) is 1. The first-order chi connectivity index (χ1) is 12.6. The zero-order chi connectivity index (χ0) is 19.9. The molecule has 0 heterocycles. The van der Waals surface area contributed by atoms with Crippen molar-refractivity contribution in [1.82, 2.24) is 0 Å². The van der Waals surface area contributed by atoms with Crippen LogP contribution in [0.25, 0.3) is 0 Å². The summed E-state index contributed by atoms with van der Waals surface area (Å²) in [4.78, 5) is 10.9. The van der Waals surface area contributed by atoms with E-state index in [1.165, 1.54) is 83.5 Å². The predicted octanol–water partition coefficient (Wildman–Crippen LogP) is 8.78. The second-order valence-electron chi connectivity index (χ2n) is 7.86. The molecule has 0 spiro atoms. The van der Waals surface area contributed by atoms with Gasteiger partial charge in [-0.05, 0) is 12.8 Å². The van der Waals surface area contributed by atoms with Crippen LogP contribution in [0.4, 0.5) is 0 Å². The fourth-order valence-corrected chi connectivity index (χ4v) is 3.22. The SMILES string of the molecule is CCCCCCC(CCCC)C(=O)O.CCCCCCCCCCCC. The summed E-state index contributed by atoms with van der Waals surface area (Å²) in [5, 5.41) is 8.96. The summed E-state index contributed by atoms with van der Waals surface area (Å²) < 4.78 is 0. The van der Waals surface area contributed by atoms with Crippen LogP contribution in [0.3, 0.4) is 0 Å². The zero-order valence-electron chi connectivity index (χ0n) is 18.7. The highest BCUT2D eigenvalue weighted by atomic mass is 16.4. The summed E-state index contributed by atoms with van der Waals surface area (Å²) >= 11 is 0. The maximum Gasteiger partial charge on any atom is 0.306 e. The largest absolute Gasteiger partial charge is 0.481 e. The van der Waals surface area contributed by atoms with Crippen molar-refractivity contribution in [1.29, 1.82) is 0 Å². The number of rotatable bonds is 18. The lowest BCUT2D eigenvalue weighted by Crippen LogP contribution is -2.13. The van der Waals surface area contributed by atoms with E-state index < -0.39 is 5.97 Å². The molecule has 0 aromatic heterocycles. The molecule has 0 saturated carbocycles. The monoisotopic (exact) mass is 370 g/mol. The molecule has 0 aliphatic carbocycles. The average molecular weight is 371 g/mol. The Morgan fingerprint density at radius 3 is 1.19 bits per heavy atom. The predicted molar refractivity (Wildman–Crippen MR) is 117 cm³/mol. The molecular weight excluding hydrogens is 320 g/mol. The van der Waals surface area contributed by atoms with Crippen LogP contribution >= 0.6 is 0 Å². The summed E-state index contributed by atoms with van der Waals surface area (Å²) in [5.74, 6) is -0.693. The molecule has 0 amide bonds. The summed E-state index contributed by atoms with van der Waals surface area (Å²) in [7, 11) is 0. The molecule has 158 valence electrons. The fourth-order valence-electron chi connectivity index (χ4n) is 3.22. The third kappa shape index (κ3) is 23.5. The molecule has 0 bridgehead atoms. The number of unbranched alkanes of at least 4 members (excludes halogenated alkanes) is 13. The molecule has 1 atom stereocenters. The van der Waals surface area contributed by atoms with Gasteiger partial charge >= 0.3 is 5.97 Å². The molecule has 2 heteroatoms. The van der Waals surface area contributed by atoms with Crippen molar-refractivity contribution in [3.63, 3.8) is 0 Å². The van der Waals surface area contributed by atoms with E-state index in [0.717, 1.165) is 32.1 Å². The van der Waals surface area contributed by atoms with Crippen molar-refractivity contribution in [3.8, 4) is 0 Å². The first-order valence-corrected chi connectivity index (χ1v) is 11.9. The van der Waals surface area contributed by atoms with E-state index in [9.17, 15) is 4.79 Å². The van der Waals surface area contributed by atoms with E-state index in [1.807, 2.05) is 0 Å². The Bertz CT molecular complexity index is 253. The molecule has 0 aromatic rings. The summed E-state index contributed by atoms with van der Waals surface area (Å²) in [6.07, 6.45) is 23.0. The second kappa shape index (κ2) is 24.5. The van der Waals surface area contributed by atoms with E-state index in [1.54, 1.807) is 0 Å². The van der Waals surface area contributed by atoms with Gasteiger partial charge in [0.15, 0.2) is 0 Å². The molecule has 0 aliphatic heterocycles. The molecule has 1 unspecified atom stereocenters. The Balaban J connectivity index is 0. The second-order valence-corrected chi connectivity index (χ2v) is 7.86. The Labute approximate surface area is 165 Å². The van der Waals surface area contributed by atoms with Crippen molar-refractivity contribution in [2.45, 2.75) is 143 Å². The van der Waals surface area contributed by atoms with Crippen molar-refractivity contribution in [2.75, 3.05) is 0 Å². The number of carboxylic acids is 1. The molecule has 0 aromatic carbocycles. The highest BCUT2D eigenvalue weighted by Gasteiger charge is 2.15. The van der Waals surface area contributed by atoms with Gasteiger partial charge in [0.05, 0.1) is 5.92 Å². The number of carboxylic acid groups (broad SMARTS) is 1. The van der Waals surface area contributed by atoms with E-state index in [0.29, 0.717) is 0 Å². The minimum absolute atomic E-state index is 0.0909. The highest BCUT2D eigenvalue weighted by Crippen LogP contribution is 2.17. The normalized spacial score (nSPS) is 11.7. The minimum atomic E-state index is -0.602. The third-order valence-corrected chi connectivity index (χ3v) is 5.12. The van der Waals surface area contributed by atoms with E-state index in [4.69, 9.17) is 5.11 Å². The van der Waals surface area contributed by atoms with Crippen LogP contribution in [0, 0.1) is 5.92 Å². The van der Waals surface area contributed by atoms with Gasteiger partial charge in [-0.2, -0.15) is 0 Å². The van der Waals surface area contributed by atoms with Crippen LogP contribution in [-0.2, 0) is 4.79 Å². The fraction of sp³-hybridized carbons (Fsp3) is 0.958. The Morgan fingerprint density at radius 1 is 0.538 bits per heavy atom. The van der Waals surface area contributed by atoms with Crippen LogP contribution in [0.15, 0.2) is 0 Å². The summed E-state index contributed by atoms with van der Waals surface area (Å²) in [5.41, 5.74) is 0. The molecule has 0 rings (SSSR count). The van der Waals surface area contributed by atoms with Crippen LogP contribution in [0.5, 0.6) is 0 Å². The van der Waals surface area contributed by atoms with Gasteiger partial charge in [0.2, 0.25) is 0 Å². The Hall–Kier alpha value is -0.530. The molecular formula is C24H50O2. The lowest BCUT2D eigenvalue weighted by molar-refractivity contribution is -0.142. The van der Waals surface area contributed by atoms with E-state index in [2.05, 4.69) is 27.7 Å². The van der Waals surface area contributed by atoms with Gasteiger partial charge in [0.1, 0.15) is 0 Å². The van der Waals surface area contributed by atoms with E-state index >= 15 is 0 Å². The van der Waals surface area contributed by atoms with Crippen LogP contribution in [0.1, 0.15) is 143 Å². The topological polar surface area (TPSA) is 37.3 Å². The molecule has 0 radical (unpaired) electrons. The van der Waals surface area contributed by atoms with Gasteiger partial charge in [-0.1, -0.05) is 130 Å². The van der Waals surface area contributed by atoms with Gasteiger partial charge in [-0.25, -0.2) is 0 Å². The lowest BCUT2D eigenvalue weighted by atomic mass is 9.95. The van der Waals surface area contributed by atoms with E-state index in [-0.39, 0.29) is 5.92 Å². The van der Waals surface area contributed by atoms with Gasteiger partial charge in [0, 0.05) is 0 Å². The minimum Gasteiger partial charge on any atom is -0.481 e. The van der Waals surface area contributed by atoms with Crippen molar-refractivity contribution in [3.05, 3.63) is 0 Å². The average Bonchev–Trinajstić information content (AvgIpc) is 2.63. The lowest BCUT2D eigenvalue weighted by Gasteiger charge is -2.10. The van der Waals surface area contributed by atoms with Gasteiger partial charge in [0.25, 0.3) is 0 Å². The van der Waals surface area contributed by atoms with Gasteiger partial charge < -0.3 is 5.11 Å². The Kier molecular flexibility index (Phi) is 26.1. The molecule has 1 N–H and O–H groups in total. The molecule has 2 nitrogen and oxygen atoms in total. The maximum absolute atomic E-state index is 10.9. The zero-order valence-corrected chi connectivity index (χ0v) is 18.7. The number of hydrogen-bond donors (Lipinski definition) is 1. The molecule has 0 fully saturated rings. The first-order valence-electron chi connectivity index (χ1n) is 11.9.